The van der Waals surface area contributed by atoms with Gasteiger partial charge in [0, 0.05) is 12.4 Å². The summed E-state index contributed by atoms with van der Waals surface area (Å²) in [5.41, 5.74) is 0. The molecule has 90 valence electrons. The molecule has 5 heteroatoms. The maximum atomic E-state index is 11.7. The van der Waals surface area contributed by atoms with Gasteiger partial charge in [0.1, 0.15) is 4.88 Å². The summed E-state index contributed by atoms with van der Waals surface area (Å²) in [7, 11) is 0. The van der Waals surface area contributed by atoms with Gasteiger partial charge in [0.25, 0.3) is 5.91 Å². The Bertz CT molecular complexity index is 340. The lowest BCUT2D eigenvalue weighted by atomic mass is 10.0. The Hall–Kier alpha value is -0.610. The number of alkyl halides is 1. The lowest BCUT2D eigenvalue weighted by Crippen LogP contribution is -2.28. The molecule has 0 aliphatic rings. The second-order valence-corrected chi connectivity index (χ2v) is 5.32. The summed E-state index contributed by atoms with van der Waals surface area (Å²) in [6, 6.07) is 0. The van der Waals surface area contributed by atoms with Gasteiger partial charge in [-0.15, -0.1) is 22.9 Å². The van der Waals surface area contributed by atoms with Gasteiger partial charge in [-0.05, 0) is 19.3 Å². The fraction of sp³-hybridized carbons (Fsp3) is 0.636. The SMILES string of the molecule is CCC(CCCl)CNC(=O)c1cnc(C)s1. The molecule has 0 fully saturated rings. The van der Waals surface area contributed by atoms with Crippen LogP contribution in [0.15, 0.2) is 6.20 Å². The van der Waals surface area contributed by atoms with Crippen molar-refractivity contribution in [1.82, 2.24) is 10.3 Å². The molecule has 1 aromatic heterocycles. The fourth-order valence-electron chi connectivity index (χ4n) is 1.40. The van der Waals surface area contributed by atoms with E-state index in [-0.39, 0.29) is 5.91 Å². The summed E-state index contributed by atoms with van der Waals surface area (Å²) in [6.45, 7) is 4.70. The first kappa shape index (κ1) is 13.5. The number of nitrogens with one attached hydrogen (secondary N) is 1. The maximum Gasteiger partial charge on any atom is 0.263 e. The van der Waals surface area contributed by atoms with Crippen LogP contribution in [0.1, 0.15) is 34.4 Å². The molecule has 1 atom stereocenters. The average molecular weight is 261 g/mol. The molecule has 1 rings (SSSR count). The first-order chi connectivity index (χ1) is 7.67. The third kappa shape index (κ3) is 4.10. The number of carbonyl (C=O) groups excluding carboxylic acids is 1. The van der Waals surface area contributed by atoms with Crippen LogP contribution in [0.5, 0.6) is 0 Å². The van der Waals surface area contributed by atoms with Crippen LogP contribution in [0.2, 0.25) is 0 Å². The van der Waals surface area contributed by atoms with Crippen LogP contribution >= 0.6 is 22.9 Å². The number of aromatic nitrogens is 1. The van der Waals surface area contributed by atoms with Crippen LogP contribution in [-0.2, 0) is 0 Å². The summed E-state index contributed by atoms with van der Waals surface area (Å²) < 4.78 is 0. The molecule has 0 aliphatic carbocycles. The molecular weight excluding hydrogens is 244 g/mol. The molecule has 16 heavy (non-hydrogen) atoms. The predicted octanol–water partition coefficient (Wildman–Crippen LogP) is 2.84. The number of nitrogens with zero attached hydrogens (tertiary/aromatic N) is 1. The van der Waals surface area contributed by atoms with Gasteiger partial charge in [-0.3, -0.25) is 4.79 Å². The van der Waals surface area contributed by atoms with E-state index in [1.165, 1.54) is 11.3 Å². The topological polar surface area (TPSA) is 42.0 Å². The van der Waals surface area contributed by atoms with E-state index in [1.807, 2.05) is 6.92 Å². The van der Waals surface area contributed by atoms with E-state index in [1.54, 1.807) is 6.20 Å². The first-order valence-corrected chi connectivity index (χ1v) is 6.79. The van der Waals surface area contributed by atoms with Crippen molar-refractivity contribution < 1.29 is 4.79 Å². The van der Waals surface area contributed by atoms with Crippen LogP contribution in [0, 0.1) is 12.8 Å². The molecule has 0 saturated heterocycles. The minimum Gasteiger partial charge on any atom is -0.351 e. The Kier molecular flexibility index (Phi) is 5.77. The Morgan fingerprint density at radius 1 is 1.69 bits per heavy atom. The van der Waals surface area contributed by atoms with Gasteiger partial charge in [0.2, 0.25) is 0 Å². The normalized spacial score (nSPS) is 12.4. The van der Waals surface area contributed by atoms with Crippen molar-refractivity contribution in [2.24, 2.45) is 5.92 Å². The van der Waals surface area contributed by atoms with Crippen LogP contribution in [0.4, 0.5) is 0 Å². The number of amides is 1. The Balaban J connectivity index is 2.40. The first-order valence-electron chi connectivity index (χ1n) is 5.44. The van der Waals surface area contributed by atoms with Gasteiger partial charge < -0.3 is 5.32 Å². The largest absolute Gasteiger partial charge is 0.351 e. The molecule has 0 aromatic carbocycles. The second-order valence-electron chi connectivity index (χ2n) is 3.71. The number of aryl methyl sites for hydroxylation is 1. The molecular formula is C11H17ClN2OS. The third-order valence-corrected chi connectivity index (χ3v) is 3.62. The van der Waals surface area contributed by atoms with Gasteiger partial charge in [0.05, 0.1) is 11.2 Å². The highest BCUT2D eigenvalue weighted by molar-refractivity contribution is 7.13. The van der Waals surface area contributed by atoms with E-state index in [9.17, 15) is 4.79 Å². The summed E-state index contributed by atoms with van der Waals surface area (Å²) in [5.74, 6) is 1.09. The minimum atomic E-state index is -0.0291. The van der Waals surface area contributed by atoms with Crippen LogP contribution in [0.3, 0.4) is 0 Å². The van der Waals surface area contributed by atoms with Gasteiger partial charge in [-0.2, -0.15) is 0 Å². The molecule has 1 unspecified atom stereocenters. The fourth-order valence-corrected chi connectivity index (χ4v) is 2.40. The highest BCUT2D eigenvalue weighted by Crippen LogP contribution is 2.12. The second kappa shape index (κ2) is 6.86. The van der Waals surface area contributed by atoms with Gasteiger partial charge in [-0.1, -0.05) is 13.3 Å². The highest BCUT2D eigenvalue weighted by Gasteiger charge is 2.11. The lowest BCUT2D eigenvalue weighted by Gasteiger charge is -2.13. The van der Waals surface area contributed by atoms with Crippen molar-refractivity contribution in [3.05, 3.63) is 16.1 Å². The number of hydrogen-bond acceptors (Lipinski definition) is 3. The van der Waals surface area contributed by atoms with E-state index < -0.39 is 0 Å². The smallest absolute Gasteiger partial charge is 0.263 e. The van der Waals surface area contributed by atoms with Crippen LogP contribution in [-0.4, -0.2) is 23.3 Å². The standard InChI is InChI=1S/C11H17ClN2OS/c1-3-9(4-5-12)6-14-11(15)10-7-13-8(2)16-10/h7,9H,3-6H2,1-2H3,(H,14,15). The predicted molar refractivity (Wildman–Crippen MR) is 68.3 cm³/mol. The van der Waals surface area contributed by atoms with E-state index in [4.69, 9.17) is 11.6 Å². The number of rotatable bonds is 6. The third-order valence-electron chi connectivity index (χ3n) is 2.49. The zero-order valence-electron chi connectivity index (χ0n) is 9.62. The molecule has 3 nitrogen and oxygen atoms in total. The van der Waals surface area contributed by atoms with Gasteiger partial charge in [-0.25, -0.2) is 4.98 Å². The van der Waals surface area contributed by atoms with E-state index in [0.29, 0.717) is 23.2 Å². The highest BCUT2D eigenvalue weighted by atomic mass is 35.5. The van der Waals surface area contributed by atoms with E-state index in [0.717, 1.165) is 17.8 Å². The lowest BCUT2D eigenvalue weighted by molar-refractivity contribution is 0.0950. The summed E-state index contributed by atoms with van der Waals surface area (Å²) in [6.07, 6.45) is 3.60. The Morgan fingerprint density at radius 2 is 2.44 bits per heavy atom. The van der Waals surface area contributed by atoms with Gasteiger partial charge >= 0.3 is 0 Å². The van der Waals surface area contributed by atoms with E-state index in [2.05, 4.69) is 17.2 Å². The summed E-state index contributed by atoms with van der Waals surface area (Å²) in [5, 5.41) is 3.84. The molecule has 1 heterocycles. The molecule has 1 aromatic rings. The van der Waals surface area contributed by atoms with Crippen molar-refractivity contribution >= 4 is 28.8 Å². The van der Waals surface area contributed by atoms with E-state index >= 15 is 0 Å². The van der Waals surface area contributed by atoms with Gasteiger partial charge in [0.15, 0.2) is 0 Å². The van der Waals surface area contributed by atoms with Crippen molar-refractivity contribution in [1.29, 1.82) is 0 Å². The molecule has 0 aliphatic heterocycles. The van der Waals surface area contributed by atoms with Crippen molar-refractivity contribution in [3.8, 4) is 0 Å². The number of carbonyl (C=O) groups is 1. The minimum absolute atomic E-state index is 0.0291. The zero-order valence-corrected chi connectivity index (χ0v) is 11.2. The molecule has 1 amide bonds. The monoisotopic (exact) mass is 260 g/mol. The molecule has 0 saturated carbocycles. The average Bonchev–Trinajstić information content (AvgIpc) is 2.70. The summed E-state index contributed by atoms with van der Waals surface area (Å²) in [4.78, 5) is 16.4. The van der Waals surface area contributed by atoms with Crippen molar-refractivity contribution in [3.63, 3.8) is 0 Å². The van der Waals surface area contributed by atoms with Crippen LogP contribution < -0.4 is 5.32 Å². The Morgan fingerprint density at radius 3 is 2.94 bits per heavy atom. The molecule has 0 spiro atoms. The number of halogens is 1. The van der Waals surface area contributed by atoms with Crippen molar-refractivity contribution in [2.75, 3.05) is 12.4 Å². The quantitative estimate of drug-likeness (QED) is 0.800. The number of hydrogen-bond donors (Lipinski definition) is 1. The van der Waals surface area contributed by atoms with Crippen LogP contribution in [0.25, 0.3) is 0 Å². The maximum absolute atomic E-state index is 11.7. The zero-order chi connectivity index (χ0) is 12.0. The molecule has 0 radical (unpaired) electrons. The molecule has 0 bridgehead atoms. The molecule has 1 N–H and O–H groups in total. The summed E-state index contributed by atoms with van der Waals surface area (Å²) >= 11 is 7.11. The number of thiazole rings is 1. The van der Waals surface area contributed by atoms with Crippen molar-refractivity contribution in [2.45, 2.75) is 26.7 Å². The Labute approximate surface area is 105 Å².